The monoisotopic (exact) mass is 244 g/mol. The number of pyridine rings is 1. The molecule has 0 amide bonds. The minimum absolute atomic E-state index is 0.811. The van der Waals surface area contributed by atoms with Crippen LogP contribution in [0.15, 0.2) is 48.8 Å². The van der Waals surface area contributed by atoms with Gasteiger partial charge < -0.3 is 5.73 Å². The highest BCUT2D eigenvalue weighted by Gasteiger charge is 1.95. The zero-order chi connectivity index (χ0) is 13.8. The van der Waals surface area contributed by atoms with Gasteiger partial charge in [0.15, 0.2) is 0 Å². The van der Waals surface area contributed by atoms with Crippen molar-refractivity contribution in [3.8, 4) is 0 Å². The molecule has 1 aromatic heterocycles. The Labute approximate surface area is 111 Å². The summed E-state index contributed by atoms with van der Waals surface area (Å²) in [7, 11) is 0. The Hall–Kier alpha value is -1.83. The van der Waals surface area contributed by atoms with Gasteiger partial charge in [-0.1, -0.05) is 45.9 Å². The smallest absolute Gasteiger partial charge is 0.0316 e. The van der Waals surface area contributed by atoms with E-state index in [1.165, 1.54) is 11.1 Å². The Bertz CT molecular complexity index is 410. The Morgan fingerprint density at radius 1 is 0.944 bits per heavy atom. The van der Waals surface area contributed by atoms with Gasteiger partial charge in [-0.2, -0.15) is 0 Å². The van der Waals surface area contributed by atoms with E-state index >= 15 is 0 Å². The van der Waals surface area contributed by atoms with Gasteiger partial charge in [0.1, 0.15) is 0 Å². The zero-order valence-corrected chi connectivity index (χ0v) is 11.9. The van der Waals surface area contributed by atoms with Gasteiger partial charge in [0.25, 0.3) is 0 Å². The Kier molecular flexibility index (Phi) is 9.28. The fourth-order valence-corrected chi connectivity index (χ4v) is 1.44. The fraction of sp³-hybridized carbons (Fsp3) is 0.312. The number of nitrogen functional groups attached to an aromatic ring is 1. The predicted molar refractivity (Wildman–Crippen MR) is 80.6 cm³/mol. The second-order valence-electron chi connectivity index (χ2n) is 3.28. The Morgan fingerprint density at radius 2 is 1.61 bits per heavy atom. The van der Waals surface area contributed by atoms with Crippen molar-refractivity contribution in [1.29, 1.82) is 0 Å². The zero-order valence-electron chi connectivity index (χ0n) is 11.9. The van der Waals surface area contributed by atoms with Gasteiger partial charge in [0, 0.05) is 18.1 Å². The number of hydrogen-bond donors (Lipinski definition) is 1. The number of anilines is 1. The van der Waals surface area contributed by atoms with E-state index < -0.39 is 0 Å². The first kappa shape index (κ1) is 16.2. The summed E-state index contributed by atoms with van der Waals surface area (Å²) in [5.74, 6) is 0. The molecule has 1 heterocycles. The lowest BCUT2D eigenvalue weighted by molar-refractivity contribution is 1.15. The molecular formula is C16H24N2. The number of nitrogens with zero attached hydrogens (tertiary/aromatic N) is 1. The standard InChI is InChI=1S/C12H12N2.2C2H6/c13-12-5-1-3-10(8-12)7-11-4-2-6-14-9-11;2*1-2/h1-6,8-9H,7,13H2;2*1-2H3. The molecule has 2 rings (SSSR count). The van der Waals surface area contributed by atoms with Gasteiger partial charge >= 0.3 is 0 Å². The summed E-state index contributed by atoms with van der Waals surface area (Å²) in [6.45, 7) is 8.00. The quantitative estimate of drug-likeness (QED) is 0.800. The van der Waals surface area contributed by atoms with Crippen LogP contribution in [0.2, 0.25) is 0 Å². The summed E-state index contributed by atoms with van der Waals surface area (Å²) < 4.78 is 0. The van der Waals surface area contributed by atoms with Crippen molar-refractivity contribution >= 4 is 5.69 Å². The highest BCUT2D eigenvalue weighted by Crippen LogP contribution is 2.11. The third-order valence-electron chi connectivity index (χ3n) is 2.08. The van der Waals surface area contributed by atoms with Crippen LogP contribution in [0.5, 0.6) is 0 Å². The van der Waals surface area contributed by atoms with Gasteiger partial charge in [-0.15, -0.1) is 0 Å². The molecule has 0 atom stereocenters. The summed E-state index contributed by atoms with van der Waals surface area (Å²) in [6, 6.07) is 11.9. The Morgan fingerprint density at radius 3 is 2.17 bits per heavy atom. The van der Waals surface area contributed by atoms with Crippen molar-refractivity contribution in [3.05, 3.63) is 59.9 Å². The predicted octanol–water partition coefficient (Wildman–Crippen LogP) is 4.31. The van der Waals surface area contributed by atoms with Crippen molar-refractivity contribution in [1.82, 2.24) is 4.98 Å². The average Bonchev–Trinajstić information content (AvgIpc) is 2.44. The summed E-state index contributed by atoms with van der Waals surface area (Å²) in [4.78, 5) is 4.07. The van der Waals surface area contributed by atoms with Gasteiger partial charge in [-0.25, -0.2) is 0 Å². The molecule has 2 nitrogen and oxygen atoms in total. The van der Waals surface area contributed by atoms with Gasteiger partial charge in [-0.05, 0) is 35.7 Å². The highest BCUT2D eigenvalue weighted by molar-refractivity contribution is 5.41. The van der Waals surface area contributed by atoms with Crippen molar-refractivity contribution in [3.63, 3.8) is 0 Å². The van der Waals surface area contributed by atoms with Crippen LogP contribution in [0, 0.1) is 0 Å². The molecule has 0 saturated carbocycles. The largest absolute Gasteiger partial charge is 0.399 e. The first-order chi connectivity index (χ1) is 8.84. The summed E-state index contributed by atoms with van der Waals surface area (Å²) in [5, 5.41) is 0. The number of rotatable bonds is 2. The third kappa shape index (κ3) is 6.04. The minimum atomic E-state index is 0.811. The van der Waals surface area contributed by atoms with E-state index in [0.717, 1.165) is 12.1 Å². The molecule has 0 aliphatic carbocycles. The van der Waals surface area contributed by atoms with Crippen molar-refractivity contribution in [2.75, 3.05) is 5.73 Å². The van der Waals surface area contributed by atoms with E-state index in [0.29, 0.717) is 0 Å². The van der Waals surface area contributed by atoms with E-state index in [1.807, 2.05) is 58.2 Å². The molecule has 98 valence electrons. The van der Waals surface area contributed by atoms with E-state index in [9.17, 15) is 0 Å². The van der Waals surface area contributed by atoms with E-state index in [-0.39, 0.29) is 0 Å². The van der Waals surface area contributed by atoms with E-state index in [1.54, 1.807) is 6.20 Å². The molecule has 1 aromatic carbocycles. The molecule has 0 fully saturated rings. The van der Waals surface area contributed by atoms with Crippen LogP contribution in [0.3, 0.4) is 0 Å². The molecule has 0 aliphatic rings. The molecule has 0 spiro atoms. The number of aromatic nitrogens is 1. The maximum Gasteiger partial charge on any atom is 0.0316 e. The van der Waals surface area contributed by atoms with Gasteiger partial charge in [0.2, 0.25) is 0 Å². The van der Waals surface area contributed by atoms with Crippen molar-refractivity contribution in [2.24, 2.45) is 0 Å². The molecular weight excluding hydrogens is 220 g/mol. The molecule has 2 aromatic rings. The molecule has 0 bridgehead atoms. The van der Waals surface area contributed by atoms with E-state index in [4.69, 9.17) is 5.73 Å². The molecule has 0 aliphatic heterocycles. The van der Waals surface area contributed by atoms with Crippen LogP contribution in [0.1, 0.15) is 38.8 Å². The van der Waals surface area contributed by atoms with Crippen LogP contribution in [0.4, 0.5) is 5.69 Å². The van der Waals surface area contributed by atoms with Gasteiger partial charge in [0.05, 0.1) is 0 Å². The van der Waals surface area contributed by atoms with Crippen molar-refractivity contribution < 1.29 is 0 Å². The minimum Gasteiger partial charge on any atom is -0.399 e. The lowest BCUT2D eigenvalue weighted by Crippen LogP contribution is -1.91. The molecule has 18 heavy (non-hydrogen) atoms. The molecule has 0 unspecified atom stereocenters. The highest BCUT2D eigenvalue weighted by atomic mass is 14.6. The maximum atomic E-state index is 5.70. The van der Waals surface area contributed by atoms with Crippen LogP contribution < -0.4 is 5.73 Å². The average molecular weight is 244 g/mol. The first-order valence-electron chi connectivity index (χ1n) is 6.58. The summed E-state index contributed by atoms with van der Waals surface area (Å²) in [5.41, 5.74) is 8.94. The fourth-order valence-electron chi connectivity index (χ4n) is 1.44. The molecule has 0 saturated heterocycles. The van der Waals surface area contributed by atoms with Crippen LogP contribution >= 0.6 is 0 Å². The second-order valence-corrected chi connectivity index (χ2v) is 3.28. The van der Waals surface area contributed by atoms with Crippen LogP contribution in [-0.4, -0.2) is 4.98 Å². The number of hydrogen-bond acceptors (Lipinski definition) is 2. The first-order valence-corrected chi connectivity index (χ1v) is 6.58. The second kappa shape index (κ2) is 10.3. The maximum absolute atomic E-state index is 5.70. The number of benzene rings is 1. The lowest BCUT2D eigenvalue weighted by Gasteiger charge is -2.01. The molecule has 2 N–H and O–H groups in total. The van der Waals surface area contributed by atoms with Crippen LogP contribution in [0.25, 0.3) is 0 Å². The Balaban J connectivity index is 0.000000659. The summed E-state index contributed by atoms with van der Waals surface area (Å²) >= 11 is 0. The van der Waals surface area contributed by atoms with Crippen LogP contribution in [-0.2, 0) is 6.42 Å². The normalized spacial score (nSPS) is 8.44. The summed E-state index contributed by atoms with van der Waals surface area (Å²) in [6.07, 6.45) is 4.55. The van der Waals surface area contributed by atoms with E-state index in [2.05, 4.69) is 17.1 Å². The van der Waals surface area contributed by atoms with Gasteiger partial charge in [-0.3, -0.25) is 4.98 Å². The molecule has 2 heteroatoms. The molecule has 0 radical (unpaired) electrons. The van der Waals surface area contributed by atoms with Crippen molar-refractivity contribution in [2.45, 2.75) is 34.1 Å². The SMILES string of the molecule is CC.CC.Nc1cccc(Cc2cccnc2)c1. The lowest BCUT2D eigenvalue weighted by atomic mass is 10.1. The number of nitrogens with two attached hydrogens (primary N) is 1. The topological polar surface area (TPSA) is 38.9 Å². The third-order valence-corrected chi connectivity index (χ3v) is 2.08.